The van der Waals surface area contributed by atoms with Crippen molar-refractivity contribution in [2.24, 2.45) is 0 Å². The van der Waals surface area contributed by atoms with Crippen molar-refractivity contribution in [3.63, 3.8) is 0 Å². The summed E-state index contributed by atoms with van der Waals surface area (Å²) in [6, 6.07) is 5.24. The van der Waals surface area contributed by atoms with E-state index in [1.807, 2.05) is 32.9 Å². The summed E-state index contributed by atoms with van der Waals surface area (Å²) in [5.41, 5.74) is 0.438. The number of nitrogens with zero attached hydrogens (tertiary/aromatic N) is 1. The van der Waals surface area contributed by atoms with E-state index in [1.54, 1.807) is 25.1 Å². The Morgan fingerprint density at radius 2 is 2.09 bits per heavy atom. The first-order valence-corrected chi connectivity index (χ1v) is 7.60. The molecule has 1 N–H and O–H groups in total. The third-order valence-electron chi connectivity index (χ3n) is 3.03. The topological polar surface area (TPSA) is 50.8 Å². The van der Waals surface area contributed by atoms with E-state index >= 15 is 0 Å². The van der Waals surface area contributed by atoms with Gasteiger partial charge in [0.1, 0.15) is 5.75 Å². The second-order valence-electron chi connectivity index (χ2n) is 5.79. The van der Waals surface area contributed by atoms with Crippen LogP contribution in [-0.4, -0.2) is 43.8 Å². The quantitative estimate of drug-likeness (QED) is 0.835. The molecule has 0 heterocycles. The molecule has 0 saturated heterocycles. The van der Waals surface area contributed by atoms with Gasteiger partial charge in [0.15, 0.2) is 0 Å². The second kappa shape index (κ2) is 8.25. The predicted octanol–water partition coefficient (Wildman–Crippen LogP) is 3.31. The fourth-order valence-electron chi connectivity index (χ4n) is 2.08. The van der Waals surface area contributed by atoms with Gasteiger partial charge in [0.25, 0.3) is 0 Å². The van der Waals surface area contributed by atoms with Gasteiger partial charge in [0.2, 0.25) is 0 Å². The minimum Gasteiger partial charge on any atom is -0.494 e. The molecule has 0 radical (unpaired) electrons. The molecule has 0 aliphatic heterocycles. The predicted molar refractivity (Wildman–Crippen MR) is 88.6 cm³/mol. The maximum Gasteiger partial charge on any atom is 0.317 e. The van der Waals surface area contributed by atoms with E-state index in [0.29, 0.717) is 24.8 Å². The van der Waals surface area contributed by atoms with E-state index in [2.05, 4.69) is 5.32 Å². The largest absolute Gasteiger partial charge is 0.494 e. The Bertz CT molecular complexity index is 506. The van der Waals surface area contributed by atoms with Crippen molar-refractivity contribution in [1.82, 2.24) is 10.2 Å². The van der Waals surface area contributed by atoms with Gasteiger partial charge in [-0.15, -0.1) is 0 Å². The number of methoxy groups -OCH3 is 1. The molecule has 0 aliphatic rings. The van der Waals surface area contributed by atoms with Gasteiger partial charge in [-0.25, -0.2) is 4.79 Å². The Labute approximate surface area is 137 Å². The molecule has 6 heteroatoms. The Morgan fingerprint density at radius 1 is 1.41 bits per heavy atom. The monoisotopic (exact) mass is 328 g/mol. The van der Waals surface area contributed by atoms with Crippen LogP contribution in [0.15, 0.2) is 18.2 Å². The van der Waals surface area contributed by atoms with Crippen LogP contribution in [0.2, 0.25) is 5.02 Å². The first-order chi connectivity index (χ1) is 10.3. The lowest BCUT2D eigenvalue weighted by atomic mass is 10.1. The zero-order valence-electron chi connectivity index (χ0n) is 13.9. The van der Waals surface area contributed by atoms with Crippen molar-refractivity contribution < 1.29 is 14.3 Å². The highest BCUT2D eigenvalue weighted by Crippen LogP contribution is 2.24. The average Bonchev–Trinajstić information content (AvgIpc) is 2.41. The number of hydrogen-bond acceptors (Lipinski definition) is 3. The number of amides is 2. The third-order valence-corrected chi connectivity index (χ3v) is 3.26. The van der Waals surface area contributed by atoms with Crippen LogP contribution in [-0.2, 0) is 11.3 Å². The zero-order valence-corrected chi connectivity index (χ0v) is 14.7. The van der Waals surface area contributed by atoms with Crippen LogP contribution >= 0.6 is 11.6 Å². The van der Waals surface area contributed by atoms with Crippen LogP contribution in [0, 0.1) is 0 Å². The SMILES string of the molecule is CCOc1ccc(Cl)cc1CN(C)C(=O)NC(C)(C)COC. The Hall–Kier alpha value is -1.46. The molecule has 124 valence electrons. The van der Waals surface area contributed by atoms with Gasteiger partial charge in [-0.2, -0.15) is 0 Å². The molecule has 1 rings (SSSR count). The van der Waals surface area contributed by atoms with Crippen LogP contribution in [0.5, 0.6) is 5.75 Å². The highest BCUT2D eigenvalue weighted by atomic mass is 35.5. The number of halogens is 1. The van der Waals surface area contributed by atoms with E-state index < -0.39 is 5.54 Å². The van der Waals surface area contributed by atoms with Crippen LogP contribution < -0.4 is 10.1 Å². The van der Waals surface area contributed by atoms with Crippen molar-refractivity contribution in [1.29, 1.82) is 0 Å². The summed E-state index contributed by atoms with van der Waals surface area (Å²) < 4.78 is 10.7. The van der Waals surface area contributed by atoms with E-state index in [4.69, 9.17) is 21.1 Å². The summed E-state index contributed by atoms with van der Waals surface area (Å²) in [6.07, 6.45) is 0. The van der Waals surface area contributed by atoms with Gasteiger partial charge in [-0.05, 0) is 39.0 Å². The van der Waals surface area contributed by atoms with Crippen LogP contribution in [0.4, 0.5) is 4.79 Å². The molecule has 1 aromatic carbocycles. The van der Waals surface area contributed by atoms with E-state index in [0.717, 1.165) is 11.3 Å². The summed E-state index contributed by atoms with van der Waals surface area (Å²) >= 11 is 6.04. The molecular formula is C16H25ClN2O3. The summed E-state index contributed by atoms with van der Waals surface area (Å²) in [5, 5.41) is 3.55. The number of urea groups is 1. The van der Waals surface area contributed by atoms with E-state index in [1.165, 1.54) is 0 Å². The number of benzene rings is 1. The van der Waals surface area contributed by atoms with Crippen molar-refractivity contribution in [2.45, 2.75) is 32.9 Å². The maximum absolute atomic E-state index is 12.3. The Morgan fingerprint density at radius 3 is 2.68 bits per heavy atom. The number of hydrogen-bond donors (Lipinski definition) is 1. The molecule has 0 unspecified atom stereocenters. The van der Waals surface area contributed by atoms with Crippen LogP contribution in [0.25, 0.3) is 0 Å². The van der Waals surface area contributed by atoms with Crippen LogP contribution in [0.1, 0.15) is 26.3 Å². The standard InChI is InChI=1S/C16H25ClN2O3/c1-6-22-14-8-7-13(17)9-12(14)10-19(4)15(20)18-16(2,3)11-21-5/h7-9H,6,10-11H2,1-5H3,(H,18,20). The third kappa shape index (κ3) is 5.73. The van der Waals surface area contributed by atoms with Gasteiger partial charge in [-0.1, -0.05) is 11.6 Å². The highest BCUT2D eigenvalue weighted by molar-refractivity contribution is 6.30. The molecule has 2 amide bonds. The lowest BCUT2D eigenvalue weighted by Gasteiger charge is -2.29. The molecule has 0 spiro atoms. The normalized spacial score (nSPS) is 11.2. The smallest absolute Gasteiger partial charge is 0.317 e. The first kappa shape index (κ1) is 18.6. The summed E-state index contributed by atoms with van der Waals surface area (Å²) in [7, 11) is 3.34. The summed E-state index contributed by atoms with van der Waals surface area (Å²) in [4.78, 5) is 13.9. The molecule has 0 bridgehead atoms. The molecule has 0 aliphatic carbocycles. The number of ether oxygens (including phenoxy) is 2. The molecular weight excluding hydrogens is 304 g/mol. The molecule has 0 aromatic heterocycles. The molecule has 5 nitrogen and oxygen atoms in total. The summed E-state index contributed by atoms with van der Waals surface area (Å²) in [6.45, 7) is 7.15. The zero-order chi connectivity index (χ0) is 16.8. The fraction of sp³-hybridized carbons (Fsp3) is 0.562. The minimum absolute atomic E-state index is 0.176. The number of carbonyl (C=O) groups excluding carboxylic acids is 1. The van der Waals surface area contributed by atoms with Gasteiger partial charge in [0, 0.05) is 24.7 Å². The van der Waals surface area contributed by atoms with Crippen LogP contribution in [0.3, 0.4) is 0 Å². The van der Waals surface area contributed by atoms with Crippen molar-refractivity contribution in [3.05, 3.63) is 28.8 Å². The average molecular weight is 329 g/mol. The molecule has 22 heavy (non-hydrogen) atoms. The summed E-state index contributed by atoms with van der Waals surface area (Å²) in [5.74, 6) is 0.739. The highest BCUT2D eigenvalue weighted by Gasteiger charge is 2.22. The van der Waals surface area contributed by atoms with Crippen molar-refractivity contribution in [3.8, 4) is 5.75 Å². The molecule has 0 fully saturated rings. The van der Waals surface area contributed by atoms with Crippen molar-refractivity contribution >= 4 is 17.6 Å². The number of rotatable bonds is 7. The number of carbonyl (C=O) groups is 1. The Kier molecular flexibility index (Phi) is 6.97. The number of nitrogens with one attached hydrogen (secondary N) is 1. The molecule has 0 saturated carbocycles. The van der Waals surface area contributed by atoms with Gasteiger partial charge in [-0.3, -0.25) is 0 Å². The fourth-order valence-corrected chi connectivity index (χ4v) is 2.27. The minimum atomic E-state index is -0.433. The lowest BCUT2D eigenvalue weighted by Crippen LogP contribution is -2.51. The van der Waals surface area contributed by atoms with Crippen molar-refractivity contribution in [2.75, 3.05) is 27.4 Å². The molecule has 0 atom stereocenters. The molecule has 1 aromatic rings. The first-order valence-electron chi connectivity index (χ1n) is 7.22. The van der Waals surface area contributed by atoms with E-state index in [9.17, 15) is 4.79 Å². The Balaban J connectivity index is 2.77. The van der Waals surface area contributed by atoms with E-state index in [-0.39, 0.29) is 6.03 Å². The van der Waals surface area contributed by atoms with Gasteiger partial charge in [0.05, 0.1) is 25.3 Å². The lowest BCUT2D eigenvalue weighted by molar-refractivity contribution is 0.124. The van der Waals surface area contributed by atoms with Gasteiger partial charge >= 0.3 is 6.03 Å². The van der Waals surface area contributed by atoms with Gasteiger partial charge < -0.3 is 19.7 Å². The maximum atomic E-state index is 12.3. The second-order valence-corrected chi connectivity index (χ2v) is 6.22.